The summed E-state index contributed by atoms with van der Waals surface area (Å²) in [6, 6.07) is 5.60. The highest BCUT2D eigenvalue weighted by molar-refractivity contribution is 7.80. The first-order valence-electron chi connectivity index (χ1n) is 6.56. The van der Waals surface area contributed by atoms with Crippen molar-refractivity contribution < 1.29 is 9.59 Å². The van der Waals surface area contributed by atoms with Gasteiger partial charge in [-0.05, 0) is 17.5 Å². The topological polar surface area (TPSA) is 75.4 Å². The molecular weight excluding hydrogens is 274 g/mol. The van der Waals surface area contributed by atoms with E-state index in [2.05, 4.69) is 5.32 Å². The maximum atomic E-state index is 12.0. The average molecular weight is 289 g/mol. The van der Waals surface area contributed by atoms with Crippen LogP contribution in [0.25, 0.3) is 0 Å². The molecule has 2 amide bonds. The third kappa shape index (κ3) is 2.10. The lowest BCUT2D eigenvalue weighted by Gasteiger charge is -2.30. The van der Waals surface area contributed by atoms with Crippen LogP contribution in [0, 0.1) is 0 Å². The minimum Gasteiger partial charge on any atom is -0.346 e. The van der Waals surface area contributed by atoms with Gasteiger partial charge in [0.25, 0.3) is 0 Å². The van der Waals surface area contributed by atoms with Crippen molar-refractivity contribution in [2.45, 2.75) is 32.0 Å². The average Bonchev–Trinajstić information content (AvgIpc) is 2.75. The number of carbonyl (C=O) groups excluding carboxylic acids is 2. The lowest BCUT2D eigenvalue weighted by Crippen LogP contribution is -2.52. The monoisotopic (exact) mass is 289 g/mol. The molecule has 0 aromatic heterocycles. The molecule has 0 bridgehead atoms. The van der Waals surface area contributed by atoms with Crippen molar-refractivity contribution in [2.24, 2.45) is 5.73 Å². The summed E-state index contributed by atoms with van der Waals surface area (Å²) in [5, 5.41) is 2.38. The number of fused-ring (bicyclic) bond motifs is 1. The van der Waals surface area contributed by atoms with E-state index in [1.165, 1.54) is 0 Å². The quantitative estimate of drug-likeness (QED) is 0.610. The second kappa shape index (κ2) is 4.96. The predicted molar refractivity (Wildman–Crippen MR) is 77.7 cm³/mol. The van der Waals surface area contributed by atoms with Gasteiger partial charge in [0.05, 0.1) is 0 Å². The molecule has 104 valence electrons. The number of thiocarbonyl (C=S) groups is 1. The van der Waals surface area contributed by atoms with E-state index >= 15 is 0 Å². The number of nitrogens with two attached hydrogens (primary N) is 1. The van der Waals surface area contributed by atoms with Gasteiger partial charge in [-0.15, -0.1) is 0 Å². The zero-order chi connectivity index (χ0) is 14.3. The maximum Gasteiger partial charge on any atom is 0.249 e. The first-order valence-corrected chi connectivity index (χ1v) is 6.97. The van der Waals surface area contributed by atoms with Gasteiger partial charge in [-0.3, -0.25) is 14.9 Å². The molecule has 6 heteroatoms. The lowest BCUT2D eigenvalue weighted by molar-refractivity contribution is -0.136. The standard InChI is InChI=1S/C14H15N3O2S/c15-6-8-1-2-10-9(5-8)7-17(14(10)20)11-3-4-12(18)16-13(11)19/h1-2,5,11H,3-4,6-7,15H2,(H,16,18,19). The molecule has 0 spiro atoms. The Kier molecular flexibility index (Phi) is 3.27. The van der Waals surface area contributed by atoms with Crippen molar-refractivity contribution in [1.29, 1.82) is 0 Å². The van der Waals surface area contributed by atoms with Crippen LogP contribution in [0.2, 0.25) is 0 Å². The van der Waals surface area contributed by atoms with E-state index in [9.17, 15) is 9.59 Å². The number of nitrogens with one attached hydrogen (secondary N) is 1. The number of carbonyl (C=O) groups is 2. The van der Waals surface area contributed by atoms with Crippen molar-refractivity contribution in [2.75, 3.05) is 0 Å². The van der Waals surface area contributed by atoms with Gasteiger partial charge in [0.15, 0.2) is 0 Å². The highest BCUT2D eigenvalue weighted by Gasteiger charge is 2.36. The van der Waals surface area contributed by atoms with Gasteiger partial charge in [-0.1, -0.05) is 30.4 Å². The summed E-state index contributed by atoms with van der Waals surface area (Å²) in [5.41, 5.74) is 8.79. The Morgan fingerprint density at radius 2 is 2.20 bits per heavy atom. The minimum atomic E-state index is -0.353. The fourth-order valence-corrected chi connectivity index (χ4v) is 3.15. The van der Waals surface area contributed by atoms with Crippen LogP contribution in [-0.2, 0) is 22.7 Å². The molecule has 1 unspecified atom stereocenters. The summed E-state index contributed by atoms with van der Waals surface area (Å²) in [5.74, 6) is -0.463. The molecule has 1 atom stereocenters. The van der Waals surface area contributed by atoms with Crippen molar-refractivity contribution in [3.63, 3.8) is 0 Å². The zero-order valence-corrected chi connectivity index (χ0v) is 11.7. The van der Waals surface area contributed by atoms with Gasteiger partial charge in [0.2, 0.25) is 11.8 Å². The molecule has 2 heterocycles. The Balaban J connectivity index is 1.86. The third-order valence-corrected chi connectivity index (χ3v) is 4.28. The fourth-order valence-electron chi connectivity index (χ4n) is 2.75. The molecule has 3 rings (SSSR count). The Bertz CT molecular complexity index is 614. The number of rotatable bonds is 2. The maximum absolute atomic E-state index is 12.0. The minimum absolute atomic E-state index is 0.209. The van der Waals surface area contributed by atoms with Crippen LogP contribution in [0.4, 0.5) is 0 Å². The second-order valence-electron chi connectivity index (χ2n) is 5.10. The molecule has 1 fully saturated rings. The molecule has 0 aliphatic carbocycles. The molecular formula is C14H15N3O2S. The smallest absolute Gasteiger partial charge is 0.249 e. The highest BCUT2D eigenvalue weighted by atomic mass is 32.1. The largest absolute Gasteiger partial charge is 0.346 e. The zero-order valence-electron chi connectivity index (χ0n) is 10.9. The van der Waals surface area contributed by atoms with Crippen LogP contribution in [0.15, 0.2) is 18.2 Å². The van der Waals surface area contributed by atoms with Crippen LogP contribution in [-0.4, -0.2) is 27.7 Å². The second-order valence-corrected chi connectivity index (χ2v) is 5.48. The van der Waals surface area contributed by atoms with Crippen molar-refractivity contribution in [3.8, 4) is 0 Å². The Hall–Kier alpha value is -1.79. The number of imide groups is 1. The van der Waals surface area contributed by atoms with E-state index < -0.39 is 0 Å². The van der Waals surface area contributed by atoms with Gasteiger partial charge < -0.3 is 10.6 Å². The van der Waals surface area contributed by atoms with Crippen molar-refractivity contribution >= 4 is 29.0 Å². The molecule has 3 N–H and O–H groups in total. The molecule has 0 saturated carbocycles. The van der Waals surface area contributed by atoms with Gasteiger partial charge in [-0.25, -0.2) is 0 Å². The molecule has 20 heavy (non-hydrogen) atoms. The van der Waals surface area contributed by atoms with Crippen LogP contribution in [0.3, 0.4) is 0 Å². The summed E-state index contributed by atoms with van der Waals surface area (Å²) < 4.78 is 0. The lowest BCUT2D eigenvalue weighted by atomic mass is 10.0. The number of hydrogen-bond donors (Lipinski definition) is 2. The summed E-state index contributed by atoms with van der Waals surface area (Å²) >= 11 is 5.47. The van der Waals surface area contributed by atoms with E-state index in [4.69, 9.17) is 18.0 Å². The fraction of sp³-hybridized carbons (Fsp3) is 0.357. The SMILES string of the molecule is NCc1ccc2c(c1)CN(C1CCC(=O)NC1=O)C2=S. The molecule has 2 aliphatic rings. The third-order valence-electron chi connectivity index (χ3n) is 3.82. The van der Waals surface area contributed by atoms with Crippen molar-refractivity contribution in [1.82, 2.24) is 10.2 Å². The first-order chi connectivity index (χ1) is 9.60. The first kappa shape index (κ1) is 13.2. The van der Waals surface area contributed by atoms with Gasteiger partial charge in [0, 0.05) is 25.1 Å². The van der Waals surface area contributed by atoms with E-state index in [1.54, 1.807) is 0 Å². The molecule has 1 aromatic rings. The van der Waals surface area contributed by atoms with Crippen LogP contribution in [0.5, 0.6) is 0 Å². The number of piperidine rings is 1. The van der Waals surface area contributed by atoms with Crippen LogP contribution < -0.4 is 11.1 Å². The molecule has 2 aliphatic heterocycles. The van der Waals surface area contributed by atoms with Gasteiger partial charge >= 0.3 is 0 Å². The number of amides is 2. The van der Waals surface area contributed by atoms with E-state index in [0.717, 1.165) is 16.7 Å². The van der Waals surface area contributed by atoms with Crippen molar-refractivity contribution in [3.05, 3.63) is 34.9 Å². The molecule has 5 nitrogen and oxygen atoms in total. The van der Waals surface area contributed by atoms with E-state index in [1.807, 2.05) is 23.1 Å². The van der Waals surface area contributed by atoms with Crippen LogP contribution >= 0.6 is 12.2 Å². The summed E-state index contributed by atoms with van der Waals surface area (Å²) in [6.45, 7) is 1.09. The molecule has 1 saturated heterocycles. The normalized spacial score (nSPS) is 21.9. The predicted octanol–water partition coefficient (Wildman–Crippen LogP) is 0.442. The van der Waals surface area contributed by atoms with Gasteiger partial charge in [-0.2, -0.15) is 0 Å². The van der Waals surface area contributed by atoms with Gasteiger partial charge in [0.1, 0.15) is 11.0 Å². The molecule has 1 aromatic carbocycles. The highest BCUT2D eigenvalue weighted by Crippen LogP contribution is 2.28. The van der Waals surface area contributed by atoms with Crippen LogP contribution in [0.1, 0.15) is 29.5 Å². The Morgan fingerprint density at radius 3 is 2.90 bits per heavy atom. The number of benzene rings is 1. The summed E-state index contributed by atoms with van der Waals surface area (Å²) in [7, 11) is 0. The number of nitrogens with zero attached hydrogens (tertiary/aromatic N) is 1. The number of hydrogen-bond acceptors (Lipinski definition) is 4. The Morgan fingerprint density at radius 1 is 1.40 bits per heavy atom. The summed E-state index contributed by atoms with van der Waals surface area (Å²) in [4.78, 5) is 25.8. The molecule has 0 radical (unpaired) electrons. The van der Waals surface area contributed by atoms with E-state index in [-0.39, 0.29) is 17.9 Å². The van der Waals surface area contributed by atoms with E-state index in [0.29, 0.717) is 30.9 Å². The Labute approximate surface area is 122 Å². The summed E-state index contributed by atoms with van der Waals surface area (Å²) in [6.07, 6.45) is 0.877.